The predicted octanol–water partition coefficient (Wildman–Crippen LogP) is 1.29. The van der Waals surface area contributed by atoms with Gasteiger partial charge in [-0.1, -0.05) is 6.92 Å². The number of anilines is 1. The van der Waals surface area contributed by atoms with E-state index < -0.39 is 0 Å². The standard InChI is InChI=1S/C13H19N5O2/c1-7-4-9(5-19-3)20-12(7)18-6-15-10-8(2)16-13(14)17-11(10)18/h6-7,9,12H,4-5H2,1-3H3,(H2,14,16,17). The van der Waals surface area contributed by atoms with Gasteiger partial charge in [0.2, 0.25) is 5.95 Å². The number of nitrogens with zero attached hydrogens (tertiary/aromatic N) is 4. The van der Waals surface area contributed by atoms with Gasteiger partial charge < -0.3 is 15.2 Å². The van der Waals surface area contributed by atoms with Crippen LogP contribution in [0.15, 0.2) is 6.33 Å². The molecule has 3 heterocycles. The van der Waals surface area contributed by atoms with Gasteiger partial charge in [-0.2, -0.15) is 4.98 Å². The number of aryl methyl sites for hydroxylation is 1. The highest BCUT2D eigenvalue weighted by atomic mass is 16.5. The molecule has 0 aliphatic carbocycles. The highest BCUT2D eigenvalue weighted by molar-refractivity contribution is 5.74. The third-order valence-corrected chi connectivity index (χ3v) is 3.69. The van der Waals surface area contributed by atoms with Crippen molar-refractivity contribution in [2.24, 2.45) is 5.92 Å². The summed E-state index contributed by atoms with van der Waals surface area (Å²) in [5.41, 5.74) is 8.02. The molecular weight excluding hydrogens is 258 g/mol. The molecule has 7 heteroatoms. The molecule has 0 aromatic carbocycles. The molecule has 3 atom stereocenters. The Balaban J connectivity index is 1.98. The van der Waals surface area contributed by atoms with Crippen molar-refractivity contribution in [2.75, 3.05) is 19.5 Å². The van der Waals surface area contributed by atoms with Gasteiger partial charge in [0.25, 0.3) is 0 Å². The normalized spacial score (nSPS) is 26.4. The first-order valence-corrected chi connectivity index (χ1v) is 6.71. The molecule has 0 radical (unpaired) electrons. The Labute approximate surface area is 117 Å². The molecule has 2 aromatic rings. The minimum atomic E-state index is -0.0890. The minimum absolute atomic E-state index is 0.0890. The van der Waals surface area contributed by atoms with E-state index in [-0.39, 0.29) is 18.3 Å². The van der Waals surface area contributed by atoms with Gasteiger partial charge in [-0.15, -0.1) is 0 Å². The quantitative estimate of drug-likeness (QED) is 0.909. The number of fused-ring (bicyclic) bond motifs is 1. The Morgan fingerprint density at radius 3 is 3.05 bits per heavy atom. The number of methoxy groups -OCH3 is 1. The lowest BCUT2D eigenvalue weighted by molar-refractivity contribution is -0.0375. The van der Waals surface area contributed by atoms with E-state index in [0.717, 1.165) is 23.3 Å². The summed E-state index contributed by atoms with van der Waals surface area (Å²) >= 11 is 0. The number of hydrogen-bond acceptors (Lipinski definition) is 6. The summed E-state index contributed by atoms with van der Waals surface area (Å²) in [4.78, 5) is 12.8. The number of ether oxygens (including phenoxy) is 2. The van der Waals surface area contributed by atoms with Crippen molar-refractivity contribution in [2.45, 2.75) is 32.6 Å². The maximum absolute atomic E-state index is 6.04. The van der Waals surface area contributed by atoms with Gasteiger partial charge in [0.05, 0.1) is 24.7 Å². The van der Waals surface area contributed by atoms with E-state index in [1.807, 2.05) is 11.5 Å². The minimum Gasteiger partial charge on any atom is -0.382 e. The molecule has 0 amide bonds. The van der Waals surface area contributed by atoms with E-state index >= 15 is 0 Å². The van der Waals surface area contributed by atoms with E-state index in [1.165, 1.54) is 0 Å². The van der Waals surface area contributed by atoms with Crippen molar-refractivity contribution < 1.29 is 9.47 Å². The fourth-order valence-corrected chi connectivity index (χ4v) is 2.82. The SMILES string of the molecule is COCC1CC(C)C(n2cnc3c(C)nc(N)nc32)O1. The lowest BCUT2D eigenvalue weighted by atomic mass is 10.1. The zero-order valence-electron chi connectivity index (χ0n) is 11.9. The van der Waals surface area contributed by atoms with Crippen molar-refractivity contribution in [3.8, 4) is 0 Å². The highest BCUT2D eigenvalue weighted by Crippen LogP contribution is 2.35. The molecule has 3 unspecified atom stereocenters. The van der Waals surface area contributed by atoms with Crippen LogP contribution in [0.3, 0.4) is 0 Å². The molecule has 1 fully saturated rings. The summed E-state index contributed by atoms with van der Waals surface area (Å²) in [5, 5.41) is 0. The maximum atomic E-state index is 6.04. The van der Waals surface area contributed by atoms with Crippen LogP contribution in [-0.4, -0.2) is 39.3 Å². The third kappa shape index (κ3) is 2.12. The number of nitrogens with two attached hydrogens (primary N) is 1. The van der Waals surface area contributed by atoms with E-state index in [2.05, 4.69) is 21.9 Å². The number of rotatable bonds is 3. The van der Waals surface area contributed by atoms with Crippen molar-refractivity contribution in [3.05, 3.63) is 12.0 Å². The first-order valence-electron chi connectivity index (χ1n) is 6.71. The largest absolute Gasteiger partial charge is 0.382 e. The fourth-order valence-electron chi connectivity index (χ4n) is 2.82. The van der Waals surface area contributed by atoms with E-state index in [0.29, 0.717) is 12.5 Å². The average Bonchev–Trinajstić information content (AvgIpc) is 2.93. The zero-order valence-corrected chi connectivity index (χ0v) is 11.9. The molecule has 0 spiro atoms. The second-order valence-corrected chi connectivity index (χ2v) is 5.31. The summed E-state index contributed by atoms with van der Waals surface area (Å²) in [6.07, 6.45) is 2.73. The maximum Gasteiger partial charge on any atom is 0.222 e. The van der Waals surface area contributed by atoms with Crippen molar-refractivity contribution in [1.82, 2.24) is 19.5 Å². The zero-order chi connectivity index (χ0) is 14.3. The van der Waals surface area contributed by atoms with Crippen LogP contribution >= 0.6 is 0 Å². The Hall–Kier alpha value is -1.73. The number of nitrogen functional groups attached to an aromatic ring is 1. The molecule has 1 saturated heterocycles. The molecule has 108 valence electrons. The van der Waals surface area contributed by atoms with Gasteiger partial charge in [0.15, 0.2) is 5.65 Å². The summed E-state index contributed by atoms with van der Waals surface area (Å²) in [7, 11) is 1.69. The van der Waals surface area contributed by atoms with Crippen molar-refractivity contribution >= 4 is 17.1 Å². The summed E-state index contributed by atoms with van der Waals surface area (Å²) in [6, 6.07) is 0. The first-order chi connectivity index (χ1) is 9.60. The molecule has 20 heavy (non-hydrogen) atoms. The van der Waals surface area contributed by atoms with E-state index in [9.17, 15) is 0 Å². The molecule has 3 rings (SSSR count). The monoisotopic (exact) mass is 277 g/mol. The Morgan fingerprint density at radius 2 is 2.30 bits per heavy atom. The molecule has 1 aliphatic rings. The third-order valence-electron chi connectivity index (χ3n) is 3.69. The molecule has 7 nitrogen and oxygen atoms in total. The van der Waals surface area contributed by atoms with Crippen molar-refractivity contribution in [3.63, 3.8) is 0 Å². The second kappa shape index (κ2) is 4.99. The summed E-state index contributed by atoms with van der Waals surface area (Å²) in [6.45, 7) is 4.64. The lowest BCUT2D eigenvalue weighted by Crippen LogP contribution is -2.16. The highest BCUT2D eigenvalue weighted by Gasteiger charge is 2.34. The molecular formula is C13H19N5O2. The van der Waals surface area contributed by atoms with Crippen LogP contribution in [-0.2, 0) is 9.47 Å². The number of hydrogen-bond donors (Lipinski definition) is 1. The van der Waals surface area contributed by atoms with Crippen LogP contribution in [0.5, 0.6) is 0 Å². The number of imidazole rings is 1. The predicted molar refractivity (Wildman–Crippen MR) is 74.0 cm³/mol. The topological polar surface area (TPSA) is 88.1 Å². The summed E-state index contributed by atoms with van der Waals surface area (Å²) in [5.74, 6) is 0.625. The molecule has 0 saturated carbocycles. The molecule has 2 aromatic heterocycles. The fraction of sp³-hybridized carbons (Fsp3) is 0.615. The van der Waals surface area contributed by atoms with Crippen LogP contribution in [0, 0.1) is 12.8 Å². The van der Waals surface area contributed by atoms with Gasteiger partial charge >= 0.3 is 0 Å². The Morgan fingerprint density at radius 1 is 1.50 bits per heavy atom. The molecule has 1 aliphatic heterocycles. The van der Waals surface area contributed by atoms with Gasteiger partial charge in [-0.25, -0.2) is 9.97 Å². The smallest absolute Gasteiger partial charge is 0.222 e. The van der Waals surface area contributed by atoms with Gasteiger partial charge in [0.1, 0.15) is 11.7 Å². The van der Waals surface area contributed by atoms with Crippen LogP contribution in [0.4, 0.5) is 5.95 Å². The van der Waals surface area contributed by atoms with Crippen LogP contribution in [0.25, 0.3) is 11.2 Å². The van der Waals surface area contributed by atoms with Gasteiger partial charge in [0, 0.05) is 13.0 Å². The molecule has 0 bridgehead atoms. The Bertz CT molecular complexity index is 626. The molecule has 2 N–H and O–H groups in total. The van der Waals surface area contributed by atoms with Crippen LogP contribution in [0.1, 0.15) is 25.3 Å². The first kappa shape index (κ1) is 13.3. The Kier molecular flexibility index (Phi) is 3.31. The summed E-state index contributed by atoms with van der Waals surface area (Å²) < 4.78 is 13.2. The van der Waals surface area contributed by atoms with Crippen molar-refractivity contribution in [1.29, 1.82) is 0 Å². The van der Waals surface area contributed by atoms with Crippen LogP contribution in [0.2, 0.25) is 0 Å². The second-order valence-electron chi connectivity index (χ2n) is 5.31. The van der Waals surface area contributed by atoms with Gasteiger partial charge in [-0.3, -0.25) is 4.57 Å². The van der Waals surface area contributed by atoms with E-state index in [4.69, 9.17) is 15.2 Å². The lowest BCUT2D eigenvalue weighted by Gasteiger charge is -2.17. The number of aromatic nitrogens is 4. The average molecular weight is 277 g/mol. The van der Waals surface area contributed by atoms with E-state index in [1.54, 1.807) is 13.4 Å². The van der Waals surface area contributed by atoms with Crippen LogP contribution < -0.4 is 5.73 Å². The van der Waals surface area contributed by atoms with Gasteiger partial charge in [-0.05, 0) is 13.3 Å².